The van der Waals surface area contributed by atoms with Gasteiger partial charge in [-0.1, -0.05) is 53.5 Å². The number of hydrogen-bond acceptors (Lipinski definition) is 4. The molecule has 3 aromatic carbocycles. The summed E-state index contributed by atoms with van der Waals surface area (Å²) in [7, 11) is 0. The molecule has 172 valence electrons. The molecule has 0 N–H and O–H groups in total. The number of hydrogen-bond donors (Lipinski definition) is 0. The van der Waals surface area contributed by atoms with E-state index in [0.29, 0.717) is 23.4 Å². The number of ether oxygens (including phenoxy) is 1. The minimum Gasteiger partial charge on any atom is -0.494 e. The number of imide groups is 1. The second kappa shape index (κ2) is 9.06. The molecular weight excluding hydrogens is 496 g/mol. The number of carbonyl (C=O) groups is 3. The van der Waals surface area contributed by atoms with E-state index in [1.165, 1.54) is 0 Å². The number of rotatable bonds is 7. The summed E-state index contributed by atoms with van der Waals surface area (Å²) in [6, 6.07) is 20.2. The third-order valence-corrected chi connectivity index (χ3v) is 6.79. The first kappa shape index (κ1) is 22.3. The smallest absolute Gasteiger partial charge is 0.262 e. The quantitative estimate of drug-likeness (QED) is 0.239. The van der Waals surface area contributed by atoms with Gasteiger partial charge in [0.1, 0.15) is 11.8 Å². The van der Waals surface area contributed by atoms with Gasteiger partial charge in [-0.3, -0.25) is 19.3 Å². The Morgan fingerprint density at radius 2 is 1.41 bits per heavy atom. The number of anilines is 1. The Morgan fingerprint density at radius 1 is 0.794 bits per heavy atom. The lowest BCUT2D eigenvalue weighted by atomic mass is 9.86. The number of halogens is 1. The highest BCUT2D eigenvalue weighted by molar-refractivity contribution is 9.10. The van der Waals surface area contributed by atoms with Crippen LogP contribution in [0.25, 0.3) is 0 Å². The normalized spacial score (nSPS) is 19.3. The molecule has 0 saturated carbocycles. The zero-order valence-corrected chi connectivity index (χ0v) is 20.2. The van der Waals surface area contributed by atoms with Crippen LogP contribution >= 0.6 is 15.9 Å². The van der Waals surface area contributed by atoms with Crippen molar-refractivity contribution in [3.8, 4) is 5.75 Å². The Morgan fingerprint density at radius 3 is 2.00 bits per heavy atom. The summed E-state index contributed by atoms with van der Waals surface area (Å²) in [5.41, 5.74) is 2.20. The predicted octanol–water partition coefficient (Wildman–Crippen LogP) is 5.38. The Hall–Kier alpha value is -3.45. The van der Waals surface area contributed by atoms with Crippen LogP contribution in [0.15, 0.2) is 77.3 Å². The van der Waals surface area contributed by atoms with Crippen molar-refractivity contribution in [1.29, 1.82) is 0 Å². The van der Waals surface area contributed by atoms with Crippen LogP contribution in [0.3, 0.4) is 0 Å². The van der Waals surface area contributed by atoms with E-state index in [0.717, 1.165) is 33.5 Å². The van der Waals surface area contributed by atoms with E-state index in [2.05, 4.69) is 22.9 Å². The highest BCUT2D eigenvalue weighted by atomic mass is 79.9. The Labute approximate surface area is 206 Å². The van der Waals surface area contributed by atoms with Crippen molar-refractivity contribution in [2.75, 3.05) is 11.5 Å². The average molecular weight is 519 g/mol. The molecule has 0 radical (unpaired) electrons. The molecule has 0 bridgehead atoms. The van der Waals surface area contributed by atoms with E-state index in [9.17, 15) is 14.4 Å². The van der Waals surface area contributed by atoms with Gasteiger partial charge in [0.05, 0.1) is 23.8 Å². The minimum absolute atomic E-state index is 0.287. The lowest BCUT2D eigenvalue weighted by Crippen LogP contribution is -2.67. The Kier molecular flexibility index (Phi) is 5.96. The molecule has 2 aliphatic rings. The lowest BCUT2D eigenvalue weighted by molar-refractivity contribution is -0.130. The second-order valence-corrected chi connectivity index (χ2v) is 9.29. The molecule has 0 spiro atoms. The number of fused-ring (bicyclic) bond motifs is 1. The second-order valence-electron chi connectivity index (χ2n) is 8.37. The van der Waals surface area contributed by atoms with Gasteiger partial charge in [0, 0.05) is 10.2 Å². The van der Waals surface area contributed by atoms with Crippen LogP contribution in [-0.4, -0.2) is 35.3 Å². The topological polar surface area (TPSA) is 66.9 Å². The van der Waals surface area contributed by atoms with Gasteiger partial charge in [0.25, 0.3) is 17.7 Å². The molecule has 2 heterocycles. The average Bonchev–Trinajstić information content (AvgIpc) is 3.10. The van der Waals surface area contributed by atoms with Crippen LogP contribution in [0.1, 0.15) is 52.1 Å². The molecule has 2 atom stereocenters. The van der Waals surface area contributed by atoms with Crippen LogP contribution in [0.2, 0.25) is 0 Å². The summed E-state index contributed by atoms with van der Waals surface area (Å²) in [6.07, 6.45) is 2.02. The van der Waals surface area contributed by atoms with Crippen molar-refractivity contribution < 1.29 is 19.1 Å². The number of benzene rings is 3. The first-order chi connectivity index (χ1) is 16.5. The molecule has 0 aromatic heterocycles. The number of unbranched alkanes of at least 4 members (excludes halogenated alkanes) is 1. The highest BCUT2D eigenvalue weighted by Crippen LogP contribution is 2.44. The molecule has 6 nitrogen and oxygen atoms in total. The van der Waals surface area contributed by atoms with Gasteiger partial charge in [-0.05, 0) is 60.5 Å². The standard InChI is InChI=1S/C27H23BrN2O4/c1-2-3-16-34-20-14-8-17(9-15-20)23-24(27(33)29(23)19-12-10-18(28)11-13-19)30-25(31)21-6-4-5-7-22(21)26(30)32/h4-15,23-24H,2-3,16H2,1H3. The monoisotopic (exact) mass is 518 g/mol. The van der Waals surface area contributed by atoms with Gasteiger partial charge < -0.3 is 9.64 Å². The van der Waals surface area contributed by atoms with Crippen molar-refractivity contribution in [1.82, 2.24) is 4.90 Å². The van der Waals surface area contributed by atoms with E-state index in [1.807, 2.05) is 48.5 Å². The number of carbonyl (C=O) groups excluding carboxylic acids is 3. The maximum absolute atomic E-state index is 13.4. The zero-order valence-electron chi connectivity index (χ0n) is 18.6. The fraction of sp³-hybridized carbons (Fsp3) is 0.222. The summed E-state index contributed by atoms with van der Waals surface area (Å²) in [5.74, 6) is -0.404. The van der Waals surface area contributed by atoms with Crippen molar-refractivity contribution in [3.63, 3.8) is 0 Å². The van der Waals surface area contributed by atoms with Crippen molar-refractivity contribution in [2.45, 2.75) is 31.8 Å². The lowest BCUT2D eigenvalue weighted by Gasteiger charge is -2.49. The molecule has 2 aliphatic heterocycles. The molecule has 1 saturated heterocycles. The number of β-lactam (4-membered cyclic amide) rings is 1. The fourth-order valence-electron chi connectivity index (χ4n) is 4.50. The summed E-state index contributed by atoms with van der Waals surface area (Å²) in [6.45, 7) is 2.75. The van der Waals surface area contributed by atoms with Gasteiger partial charge in [0.2, 0.25) is 0 Å². The molecule has 34 heavy (non-hydrogen) atoms. The van der Waals surface area contributed by atoms with Crippen LogP contribution in [-0.2, 0) is 4.79 Å². The van der Waals surface area contributed by atoms with Crippen molar-refractivity contribution >= 4 is 39.3 Å². The summed E-state index contributed by atoms with van der Waals surface area (Å²) in [5, 5.41) is 0. The molecule has 7 heteroatoms. The Bertz CT molecular complexity index is 1220. The first-order valence-corrected chi connectivity index (χ1v) is 12.1. The van der Waals surface area contributed by atoms with Crippen LogP contribution in [0, 0.1) is 0 Å². The summed E-state index contributed by atoms with van der Waals surface area (Å²) < 4.78 is 6.67. The molecule has 3 aromatic rings. The van der Waals surface area contributed by atoms with Crippen LogP contribution < -0.4 is 9.64 Å². The SMILES string of the molecule is CCCCOc1ccc(C2C(N3C(=O)c4ccccc4C3=O)C(=O)N2c2ccc(Br)cc2)cc1. The Balaban J connectivity index is 1.50. The van der Waals surface area contributed by atoms with Crippen molar-refractivity contribution in [3.05, 3.63) is 94.0 Å². The maximum atomic E-state index is 13.4. The molecule has 1 fully saturated rings. The van der Waals surface area contributed by atoms with Crippen molar-refractivity contribution in [2.24, 2.45) is 0 Å². The molecule has 2 unspecified atom stereocenters. The van der Waals surface area contributed by atoms with Crippen LogP contribution in [0.4, 0.5) is 5.69 Å². The largest absolute Gasteiger partial charge is 0.494 e. The van der Waals surface area contributed by atoms with Gasteiger partial charge in [-0.2, -0.15) is 0 Å². The summed E-state index contributed by atoms with van der Waals surface area (Å²) >= 11 is 3.43. The minimum atomic E-state index is -0.914. The molecule has 0 aliphatic carbocycles. The molecule has 5 rings (SSSR count). The fourth-order valence-corrected chi connectivity index (χ4v) is 4.77. The van der Waals surface area contributed by atoms with E-state index in [1.54, 1.807) is 29.2 Å². The third kappa shape index (κ3) is 3.70. The highest BCUT2D eigenvalue weighted by Gasteiger charge is 2.57. The first-order valence-electron chi connectivity index (χ1n) is 11.3. The molecular formula is C27H23BrN2O4. The van der Waals surface area contributed by atoms with E-state index in [-0.39, 0.29) is 5.91 Å². The molecule has 3 amide bonds. The van der Waals surface area contributed by atoms with Crippen LogP contribution in [0.5, 0.6) is 5.75 Å². The van der Waals surface area contributed by atoms with E-state index in [4.69, 9.17) is 4.74 Å². The van der Waals surface area contributed by atoms with Gasteiger partial charge in [-0.25, -0.2) is 0 Å². The van der Waals surface area contributed by atoms with Gasteiger partial charge >= 0.3 is 0 Å². The maximum Gasteiger partial charge on any atom is 0.262 e. The number of amides is 3. The van der Waals surface area contributed by atoms with Gasteiger partial charge in [0.15, 0.2) is 0 Å². The summed E-state index contributed by atoms with van der Waals surface area (Å²) in [4.78, 5) is 42.5. The van der Waals surface area contributed by atoms with E-state index < -0.39 is 23.9 Å². The number of nitrogens with zero attached hydrogens (tertiary/aromatic N) is 2. The predicted molar refractivity (Wildman–Crippen MR) is 132 cm³/mol. The third-order valence-electron chi connectivity index (χ3n) is 6.26. The zero-order chi connectivity index (χ0) is 23.8. The van der Waals surface area contributed by atoms with Gasteiger partial charge in [-0.15, -0.1) is 0 Å². The van der Waals surface area contributed by atoms with E-state index >= 15 is 0 Å².